The second-order valence-electron chi connectivity index (χ2n) is 6.26. The van der Waals surface area contributed by atoms with Gasteiger partial charge in [-0.05, 0) is 32.8 Å². The Bertz CT molecular complexity index is 605. The molecule has 124 valence electrons. The second kappa shape index (κ2) is 7.28. The number of aromatic nitrogens is 1. The van der Waals surface area contributed by atoms with Gasteiger partial charge in [0.25, 0.3) is 0 Å². The number of nitrogens with one attached hydrogen (secondary N) is 1. The van der Waals surface area contributed by atoms with E-state index in [-0.39, 0.29) is 5.89 Å². The monoisotopic (exact) mass is 318 g/mol. The molecule has 0 radical (unpaired) electrons. The summed E-state index contributed by atoms with van der Waals surface area (Å²) >= 11 is 0. The van der Waals surface area contributed by atoms with Crippen molar-refractivity contribution in [2.75, 3.05) is 0 Å². The van der Waals surface area contributed by atoms with Gasteiger partial charge in [-0.1, -0.05) is 30.3 Å². The van der Waals surface area contributed by atoms with Crippen molar-refractivity contribution in [2.24, 2.45) is 0 Å². The van der Waals surface area contributed by atoms with Gasteiger partial charge >= 0.3 is 6.09 Å². The predicted octanol–water partition coefficient (Wildman–Crippen LogP) is 2.84. The molecular formula is C17H22N2O4. The zero-order chi connectivity index (χ0) is 16.9. The van der Waals surface area contributed by atoms with Crippen LogP contribution in [0, 0.1) is 0 Å². The molecule has 1 heterocycles. The third kappa shape index (κ3) is 5.41. The SMILES string of the molecule is CC(C)(C)OC(=O)N[C@@H](Cc1ccccc1)C(O)c1ncco1. The molecule has 0 aliphatic heterocycles. The number of aliphatic hydroxyl groups is 1. The normalized spacial score (nSPS) is 14.1. The van der Waals surface area contributed by atoms with E-state index in [1.807, 2.05) is 30.3 Å². The van der Waals surface area contributed by atoms with Gasteiger partial charge in [-0.25, -0.2) is 9.78 Å². The molecule has 0 saturated carbocycles. The first-order chi connectivity index (χ1) is 10.8. The zero-order valence-corrected chi connectivity index (χ0v) is 13.5. The van der Waals surface area contributed by atoms with E-state index in [4.69, 9.17) is 9.15 Å². The van der Waals surface area contributed by atoms with Gasteiger partial charge in [0.05, 0.1) is 12.2 Å². The summed E-state index contributed by atoms with van der Waals surface area (Å²) in [6, 6.07) is 8.93. The van der Waals surface area contributed by atoms with Crippen LogP contribution in [0.15, 0.2) is 47.2 Å². The molecule has 6 nitrogen and oxygen atoms in total. The van der Waals surface area contributed by atoms with E-state index in [0.717, 1.165) is 5.56 Å². The molecule has 0 spiro atoms. The fourth-order valence-corrected chi connectivity index (χ4v) is 2.12. The molecule has 0 fully saturated rings. The molecule has 1 unspecified atom stereocenters. The molecule has 6 heteroatoms. The van der Waals surface area contributed by atoms with Gasteiger partial charge < -0.3 is 19.6 Å². The third-order valence-corrected chi connectivity index (χ3v) is 3.09. The Balaban J connectivity index is 2.12. The van der Waals surface area contributed by atoms with Crippen molar-refractivity contribution >= 4 is 6.09 Å². The van der Waals surface area contributed by atoms with E-state index in [1.54, 1.807) is 20.8 Å². The van der Waals surface area contributed by atoms with E-state index in [9.17, 15) is 9.90 Å². The minimum Gasteiger partial charge on any atom is -0.446 e. The van der Waals surface area contributed by atoms with Gasteiger partial charge in [0, 0.05) is 0 Å². The van der Waals surface area contributed by atoms with E-state index >= 15 is 0 Å². The highest BCUT2D eigenvalue weighted by Crippen LogP contribution is 2.19. The van der Waals surface area contributed by atoms with Crippen molar-refractivity contribution in [3.63, 3.8) is 0 Å². The van der Waals surface area contributed by atoms with Crippen LogP contribution >= 0.6 is 0 Å². The van der Waals surface area contributed by atoms with Crippen molar-refractivity contribution in [3.8, 4) is 0 Å². The molecule has 0 saturated heterocycles. The number of ether oxygens (including phenoxy) is 1. The number of aliphatic hydroxyl groups excluding tert-OH is 1. The van der Waals surface area contributed by atoms with Gasteiger partial charge in [0.1, 0.15) is 11.9 Å². The molecule has 23 heavy (non-hydrogen) atoms. The number of hydrogen-bond acceptors (Lipinski definition) is 5. The Hall–Kier alpha value is -2.34. The van der Waals surface area contributed by atoms with Crippen LogP contribution in [0.1, 0.15) is 38.3 Å². The lowest BCUT2D eigenvalue weighted by atomic mass is 10.0. The number of carbonyl (C=O) groups is 1. The van der Waals surface area contributed by atoms with Crippen LogP contribution in [-0.4, -0.2) is 27.8 Å². The fraction of sp³-hybridized carbons (Fsp3) is 0.412. The lowest BCUT2D eigenvalue weighted by Gasteiger charge is -2.25. The Kier molecular flexibility index (Phi) is 5.39. The van der Waals surface area contributed by atoms with Crippen molar-refractivity contribution in [1.29, 1.82) is 0 Å². The maximum absolute atomic E-state index is 12.0. The maximum Gasteiger partial charge on any atom is 0.407 e. The van der Waals surface area contributed by atoms with Crippen molar-refractivity contribution < 1.29 is 19.1 Å². The van der Waals surface area contributed by atoms with Gasteiger partial charge in [0.2, 0.25) is 5.89 Å². The van der Waals surface area contributed by atoms with Crippen molar-refractivity contribution in [3.05, 3.63) is 54.2 Å². The minimum atomic E-state index is -1.07. The first kappa shape index (κ1) is 17.0. The lowest BCUT2D eigenvalue weighted by molar-refractivity contribution is 0.0389. The number of alkyl carbamates (subject to hydrolysis) is 1. The molecule has 2 aromatic rings. The summed E-state index contributed by atoms with van der Waals surface area (Å²) in [5, 5.41) is 13.2. The topological polar surface area (TPSA) is 84.6 Å². The quantitative estimate of drug-likeness (QED) is 0.885. The number of oxazole rings is 1. The highest BCUT2D eigenvalue weighted by Gasteiger charge is 2.28. The summed E-state index contributed by atoms with van der Waals surface area (Å²) in [7, 11) is 0. The molecule has 1 aromatic carbocycles. The second-order valence-corrected chi connectivity index (χ2v) is 6.26. The summed E-state index contributed by atoms with van der Waals surface area (Å²) in [6.45, 7) is 5.34. The van der Waals surface area contributed by atoms with Crippen LogP contribution in [0.3, 0.4) is 0 Å². The third-order valence-electron chi connectivity index (χ3n) is 3.09. The first-order valence-electron chi connectivity index (χ1n) is 7.46. The van der Waals surface area contributed by atoms with E-state index in [1.165, 1.54) is 12.5 Å². The molecule has 1 amide bonds. The Labute approximate surface area is 135 Å². The number of benzene rings is 1. The summed E-state index contributed by atoms with van der Waals surface area (Å²) < 4.78 is 10.4. The zero-order valence-electron chi connectivity index (χ0n) is 13.5. The minimum absolute atomic E-state index is 0.155. The average Bonchev–Trinajstić information content (AvgIpc) is 2.99. The number of rotatable bonds is 5. The largest absolute Gasteiger partial charge is 0.446 e. The van der Waals surface area contributed by atoms with Gasteiger partial charge in [-0.2, -0.15) is 0 Å². The van der Waals surface area contributed by atoms with Crippen LogP contribution in [-0.2, 0) is 11.2 Å². The molecule has 2 rings (SSSR count). The van der Waals surface area contributed by atoms with Gasteiger partial charge in [-0.3, -0.25) is 0 Å². The number of carbonyl (C=O) groups excluding carboxylic acids is 1. The number of amides is 1. The van der Waals surface area contributed by atoms with Crippen molar-refractivity contribution in [2.45, 2.75) is 44.9 Å². The number of nitrogens with zero attached hydrogens (tertiary/aromatic N) is 1. The van der Waals surface area contributed by atoms with Crippen LogP contribution < -0.4 is 5.32 Å². The van der Waals surface area contributed by atoms with Gasteiger partial charge in [-0.15, -0.1) is 0 Å². The number of hydrogen-bond donors (Lipinski definition) is 2. The van der Waals surface area contributed by atoms with Crippen molar-refractivity contribution in [1.82, 2.24) is 10.3 Å². The van der Waals surface area contributed by atoms with Crippen LogP contribution in [0.5, 0.6) is 0 Å². The molecule has 2 atom stereocenters. The highest BCUT2D eigenvalue weighted by atomic mass is 16.6. The highest BCUT2D eigenvalue weighted by molar-refractivity contribution is 5.68. The molecular weight excluding hydrogens is 296 g/mol. The summed E-state index contributed by atoms with van der Waals surface area (Å²) in [6.07, 6.45) is 1.59. The van der Waals surface area contributed by atoms with E-state index < -0.39 is 23.8 Å². The molecule has 2 N–H and O–H groups in total. The van der Waals surface area contributed by atoms with E-state index in [2.05, 4.69) is 10.3 Å². The summed E-state index contributed by atoms with van der Waals surface area (Å²) in [5.74, 6) is 0.155. The van der Waals surface area contributed by atoms with E-state index in [0.29, 0.717) is 6.42 Å². The van der Waals surface area contributed by atoms with Crippen LogP contribution in [0.25, 0.3) is 0 Å². The smallest absolute Gasteiger partial charge is 0.407 e. The lowest BCUT2D eigenvalue weighted by Crippen LogP contribution is -2.43. The van der Waals surface area contributed by atoms with Crippen LogP contribution in [0.2, 0.25) is 0 Å². The van der Waals surface area contributed by atoms with Crippen LogP contribution in [0.4, 0.5) is 4.79 Å². The molecule has 0 aliphatic rings. The summed E-state index contributed by atoms with van der Waals surface area (Å²) in [4.78, 5) is 16.0. The molecule has 1 aromatic heterocycles. The molecule has 0 aliphatic carbocycles. The Morgan fingerprint density at radius 1 is 1.35 bits per heavy atom. The van der Waals surface area contributed by atoms with Gasteiger partial charge in [0.15, 0.2) is 6.10 Å². The Morgan fingerprint density at radius 2 is 2.04 bits per heavy atom. The fourth-order valence-electron chi connectivity index (χ4n) is 2.12. The Morgan fingerprint density at radius 3 is 2.61 bits per heavy atom. The summed E-state index contributed by atoms with van der Waals surface area (Å²) in [5.41, 5.74) is 0.356. The predicted molar refractivity (Wildman–Crippen MR) is 84.8 cm³/mol. The average molecular weight is 318 g/mol. The standard InChI is InChI=1S/C17H22N2O4/c1-17(2,3)23-16(21)19-13(11-12-7-5-4-6-8-12)14(20)15-18-9-10-22-15/h4-10,13-14,20H,11H2,1-3H3,(H,19,21)/t13-,14?/m0/s1. The molecule has 0 bridgehead atoms. The first-order valence-corrected chi connectivity index (χ1v) is 7.46. The maximum atomic E-state index is 12.0.